The molecule has 0 amide bonds. The first-order chi connectivity index (χ1) is 10.1. The molecule has 0 fully saturated rings. The molecule has 0 aliphatic rings. The van der Waals surface area contributed by atoms with Crippen molar-refractivity contribution < 1.29 is 5.11 Å². The van der Waals surface area contributed by atoms with Crippen LogP contribution in [0.2, 0.25) is 0 Å². The molecule has 0 aliphatic heterocycles. The molecule has 1 atom stereocenters. The van der Waals surface area contributed by atoms with E-state index >= 15 is 0 Å². The molecule has 0 heterocycles. The average Bonchev–Trinajstić information content (AvgIpc) is 2.52. The van der Waals surface area contributed by atoms with Crippen LogP contribution in [-0.2, 0) is 19.3 Å². The summed E-state index contributed by atoms with van der Waals surface area (Å²) in [5, 5.41) is 10.9. The van der Waals surface area contributed by atoms with Crippen LogP contribution < -0.4 is 0 Å². The molecular weight excluding hydrogens is 324 g/mol. The van der Waals surface area contributed by atoms with Gasteiger partial charge in [0.25, 0.3) is 0 Å². The SMILES string of the molecule is CCc1cc(CC)c(C(O)c2cccc(Br)c2)c(CC)c1. The van der Waals surface area contributed by atoms with Gasteiger partial charge in [0.2, 0.25) is 0 Å². The van der Waals surface area contributed by atoms with Crippen molar-refractivity contribution in [3.8, 4) is 0 Å². The smallest absolute Gasteiger partial charge is 0.105 e. The van der Waals surface area contributed by atoms with Gasteiger partial charge < -0.3 is 5.11 Å². The zero-order valence-electron chi connectivity index (χ0n) is 13.0. The lowest BCUT2D eigenvalue weighted by Gasteiger charge is -2.21. The van der Waals surface area contributed by atoms with Crippen LogP contribution in [0.1, 0.15) is 54.7 Å². The van der Waals surface area contributed by atoms with E-state index in [1.54, 1.807) is 0 Å². The molecule has 21 heavy (non-hydrogen) atoms. The first-order valence-electron chi connectivity index (χ1n) is 7.68. The van der Waals surface area contributed by atoms with Crippen LogP contribution in [0, 0.1) is 0 Å². The van der Waals surface area contributed by atoms with Gasteiger partial charge in [0, 0.05) is 4.47 Å². The van der Waals surface area contributed by atoms with Gasteiger partial charge in [-0.05, 0) is 59.2 Å². The van der Waals surface area contributed by atoms with Crippen molar-refractivity contribution in [2.45, 2.75) is 46.1 Å². The van der Waals surface area contributed by atoms with Gasteiger partial charge in [-0.2, -0.15) is 0 Å². The van der Waals surface area contributed by atoms with Gasteiger partial charge in [0.15, 0.2) is 0 Å². The Balaban J connectivity index is 2.55. The maximum atomic E-state index is 10.9. The highest BCUT2D eigenvalue weighted by atomic mass is 79.9. The van der Waals surface area contributed by atoms with E-state index in [1.807, 2.05) is 24.3 Å². The van der Waals surface area contributed by atoms with Crippen molar-refractivity contribution in [3.05, 3.63) is 68.7 Å². The first kappa shape index (κ1) is 16.3. The molecule has 1 nitrogen and oxygen atoms in total. The van der Waals surface area contributed by atoms with Crippen molar-refractivity contribution in [3.63, 3.8) is 0 Å². The molecule has 0 bridgehead atoms. The molecule has 0 aromatic heterocycles. The quantitative estimate of drug-likeness (QED) is 0.786. The Bertz CT molecular complexity index is 594. The van der Waals surface area contributed by atoms with Crippen molar-refractivity contribution in [2.75, 3.05) is 0 Å². The molecule has 112 valence electrons. The number of rotatable bonds is 5. The zero-order chi connectivity index (χ0) is 15.4. The Labute approximate surface area is 136 Å². The molecule has 0 saturated carbocycles. The van der Waals surface area contributed by atoms with E-state index in [-0.39, 0.29) is 0 Å². The summed E-state index contributed by atoms with van der Waals surface area (Å²) in [6.07, 6.45) is 2.37. The average molecular weight is 347 g/mol. The van der Waals surface area contributed by atoms with Crippen LogP contribution in [0.4, 0.5) is 0 Å². The summed E-state index contributed by atoms with van der Waals surface area (Å²) in [5.74, 6) is 0. The third kappa shape index (κ3) is 3.56. The summed E-state index contributed by atoms with van der Waals surface area (Å²) in [4.78, 5) is 0. The van der Waals surface area contributed by atoms with Crippen LogP contribution in [0.3, 0.4) is 0 Å². The minimum Gasteiger partial charge on any atom is -0.384 e. The van der Waals surface area contributed by atoms with Gasteiger partial charge in [-0.1, -0.05) is 61.0 Å². The second-order valence-electron chi connectivity index (χ2n) is 5.35. The van der Waals surface area contributed by atoms with E-state index in [4.69, 9.17) is 0 Å². The van der Waals surface area contributed by atoms with E-state index in [2.05, 4.69) is 48.8 Å². The molecule has 2 aromatic rings. The number of hydrogen-bond acceptors (Lipinski definition) is 1. The van der Waals surface area contributed by atoms with Crippen molar-refractivity contribution in [1.82, 2.24) is 0 Å². The largest absolute Gasteiger partial charge is 0.384 e. The topological polar surface area (TPSA) is 20.2 Å². The lowest BCUT2D eigenvalue weighted by Crippen LogP contribution is -2.08. The fourth-order valence-electron chi connectivity index (χ4n) is 2.83. The number of halogens is 1. The summed E-state index contributed by atoms with van der Waals surface area (Å²) < 4.78 is 1.00. The third-order valence-corrected chi connectivity index (χ3v) is 4.51. The molecule has 0 saturated heterocycles. The van der Waals surface area contributed by atoms with E-state index < -0.39 is 6.10 Å². The summed E-state index contributed by atoms with van der Waals surface area (Å²) in [6.45, 7) is 6.50. The lowest BCUT2D eigenvalue weighted by atomic mass is 9.88. The molecule has 2 rings (SSSR count). The van der Waals surface area contributed by atoms with Gasteiger partial charge in [-0.3, -0.25) is 0 Å². The van der Waals surface area contributed by atoms with Crippen molar-refractivity contribution >= 4 is 15.9 Å². The molecular formula is C19H23BrO. The number of hydrogen-bond donors (Lipinski definition) is 1. The molecule has 2 heteroatoms. The highest BCUT2D eigenvalue weighted by Gasteiger charge is 2.18. The highest BCUT2D eigenvalue weighted by Crippen LogP contribution is 2.31. The number of benzene rings is 2. The Morgan fingerprint density at radius 2 is 1.57 bits per heavy atom. The second-order valence-corrected chi connectivity index (χ2v) is 6.26. The van der Waals surface area contributed by atoms with Gasteiger partial charge >= 0.3 is 0 Å². The lowest BCUT2D eigenvalue weighted by molar-refractivity contribution is 0.218. The fourth-order valence-corrected chi connectivity index (χ4v) is 3.25. The van der Waals surface area contributed by atoms with Gasteiger partial charge in [0.05, 0.1) is 0 Å². The number of aryl methyl sites for hydroxylation is 3. The summed E-state index contributed by atoms with van der Waals surface area (Å²) in [7, 11) is 0. The molecule has 0 spiro atoms. The summed E-state index contributed by atoms with van der Waals surface area (Å²) >= 11 is 3.49. The van der Waals surface area contributed by atoms with E-state index in [1.165, 1.54) is 16.7 Å². The standard InChI is InChI=1S/C19H23BrO/c1-4-13-10-14(5-2)18(15(6-3)11-13)19(21)16-8-7-9-17(20)12-16/h7-12,19,21H,4-6H2,1-3H3. The Kier molecular flexibility index (Phi) is 5.60. The molecule has 0 radical (unpaired) electrons. The monoisotopic (exact) mass is 346 g/mol. The van der Waals surface area contributed by atoms with Crippen LogP contribution in [0.5, 0.6) is 0 Å². The predicted molar refractivity (Wildman–Crippen MR) is 92.8 cm³/mol. The van der Waals surface area contributed by atoms with E-state index in [0.29, 0.717) is 0 Å². The van der Waals surface area contributed by atoms with Crippen molar-refractivity contribution in [1.29, 1.82) is 0 Å². The van der Waals surface area contributed by atoms with Gasteiger partial charge in [0.1, 0.15) is 6.10 Å². The second kappa shape index (κ2) is 7.24. The Morgan fingerprint density at radius 1 is 0.952 bits per heavy atom. The predicted octanol–water partition coefficient (Wildman–Crippen LogP) is 5.22. The normalized spacial score (nSPS) is 12.4. The molecule has 1 unspecified atom stereocenters. The van der Waals surface area contributed by atoms with E-state index in [0.717, 1.165) is 34.9 Å². The Hall–Kier alpha value is -1.12. The molecule has 1 N–H and O–H groups in total. The van der Waals surface area contributed by atoms with Gasteiger partial charge in [-0.15, -0.1) is 0 Å². The van der Waals surface area contributed by atoms with E-state index in [9.17, 15) is 5.11 Å². The maximum Gasteiger partial charge on any atom is 0.105 e. The minimum atomic E-state index is -0.557. The van der Waals surface area contributed by atoms with Crippen LogP contribution in [0.15, 0.2) is 40.9 Å². The third-order valence-electron chi connectivity index (χ3n) is 4.02. The summed E-state index contributed by atoms with van der Waals surface area (Å²) in [5.41, 5.74) is 5.92. The van der Waals surface area contributed by atoms with Crippen molar-refractivity contribution in [2.24, 2.45) is 0 Å². The van der Waals surface area contributed by atoms with Crippen LogP contribution in [0.25, 0.3) is 0 Å². The Morgan fingerprint density at radius 3 is 2.05 bits per heavy atom. The minimum absolute atomic E-state index is 0.557. The van der Waals surface area contributed by atoms with Crippen LogP contribution >= 0.6 is 15.9 Å². The highest BCUT2D eigenvalue weighted by molar-refractivity contribution is 9.10. The molecule has 0 aliphatic carbocycles. The maximum absolute atomic E-state index is 10.9. The number of aliphatic hydroxyl groups is 1. The first-order valence-corrected chi connectivity index (χ1v) is 8.48. The van der Waals surface area contributed by atoms with Gasteiger partial charge in [-0.25, -0.2) is 0 Å². The zero-order valence-corrected chi connectivity index (χ0v) is 14.6. The number of aliphatic hydroxyl groups excluding tert-OH is 1. The van der Waals surface area contributed by atoms with Crippen LogP contribution in [-0.4, -0.2) is 5.11 Å². The molecule has 2 aromatic carbocycles. The fraction of sp³-hybridized carbons (Fsp3) is 0.368. The summed E-state index contributed by atoms with van der Waals surface area (Å²) in [6, 6.07) is 12.4.